The van der Waals surface area contributed by atoms with Crippen molar-refractivity contribution >= 4 is 23.6 Å². The number of rotatable bonds is 1. The zero-order valence-electron chi connectivity index (χ0n) is 5.70. The predicted molar refractivity (Wildman–Crippen MR) is 43.4 cm³/mol. The smallest absolute Gasteiger partial charge is 0.138 e. The van der Waals surface area contributed by atoms with Crippen LogP contribution in [0.25, 0.3) is 0 Å². The maximum Gasteiger partial charge on any atom is 0.138 e. The van der Waals surface area contributed by atoms with Crippen LogP contribution in [0.3, 0.4) is 0 Å². The first-order valence-electron chi connectivity index (χ1n) is 2.80. The summed E-state index contributed by atoms with van der Waals surface area (Å²) in [6.07, 6.45) is 0. The van der Waals surface area contributed by atoms with E-state index in [4.69, 9.17) is 5.11 Å². The van der Waals surface area contributed by atoms with Gasteiger partial charge < -0.3 is 10.4 Å². The summed E-state index contributed by atoms with van der Waals surface area (Å²) in [5.41, 5.74) is 0.762. The fraction of sp³-hybridized carbons (Fsp3) is 0.143. The van der Waals surface area contributed by atoms with Crippen LogP contribution in [0.1, 0.15) is 0 Å². The summed E-state index contributed by atoms with van der Waals surface area (Å²) in [5, 5.41) is 11.9. The minimum atomic E-state index is 0. The number of phenols is 1. The van der Waals surface area contributed by atoms with E-state index >= 15 is 0 Å². The third kappa shape index (κ3) is 1.96. The van der Waals surface area contributed by atoms with Gasteiger partial charge in [-0.1, -0.05) is 12.1 Å². The first-order valence-corrected chi connectivity index (χ1v) is 2.80. The van der Waals surface area contributed by atoms with Gasteiger partial charge in [0.25, 0.3) is 0 Å². The molecule has 0 bridgehead atoms. The number of phenolic OH excluding ortho intramolecular Hbond substituents is 1. The molecule has 1 aromatic carbocycles. The van der Waals surface area contributed by atoms with Gasteiger partial charge in [0.2, 0.25) is 0 Å². The van der Waals surface area contributed by atoms with Gasteiger partial charge in [0, 0.05) is 25.0 Å². The van der Waals surface area contributed by atoms with Crippen LogP contribution in [0, 0.1) is 0 Å². The van der Waals surface area contributed by atoms with Crippen LogP contribution in [-0.2, 0) is 0 Å². The van der Waals surface area contributed by atoms with Crippen molar-refractivity contribution in [1.29, 1.82) is 0 Å². The van der Waals surface area contributed by atoms with Crippen molar-refractivity contribution in [2.75, 3.05) is 12.4 Å². The number of para-hydroxylation sites is 2. The molecule has 2 nitrogen and oxygen atoms in total. The van der Waals surface area contributed by atoms with Crippen molar-refractivity contribution in [3.63, 3.8) is 0 Å². The maximum atomic E-state index is 9.05. The molecule has 53 valence electrons. The van der Waals surface area contributed by atoms with Gasteiger partial charge in [-0.15, -0.1) is 0 Å². The van der Waals surface area contributed by atoms with Crippen molar-refractivity contribution < 1.29 is 5.11 Å². The third-order valence-corrected chi connectivity index (χ3v) is 1.17. The topological polar surface area (TPSA) is 32.3 Å². The summed E-state index contributed by atoms with van der Waals surface area (Å²) >= 11 is 0. The van der Waals surface area contributed by atoms with Crippen LogP contribution in [0.2, 0.25) is 0 Å². The molecule has 0 saturated carbocycles. The SMILES string of the molecule is CNc1ccccc1O.[As]. The van der Waals surface area contributed by atoms with Crippen molar-refractivity contribution in [1.82, 2.24) is 0 Å². The van der Waals surface area contributed by atoms with Crippen molar-refractivity contribution in [3.8, 4) is 5.75 Å². The van der Waals surface area contributed by atoms with E-state index < -0.39 is 0 Å². The molecule has 1 aromatic rings. The molecule has 0 aliphatic rings. The van der Waals surface area contributed by atoms with Crippen LogP contribution in [0.5, 0.6) is 5.75 Å². The van der Waals surface area contributed by atoms with E-state index in [2.05, 4.69) is 5.32 Å². The van der Waals surface area contributed by atoms with E-state index in [-0.39, 0.29) is 18.0 Å². The number of benzene rings is 1. The minimum Gasteiger partial charge on any atom is -0.506 e. The van der Waals surface area contributed by atoms with Gasteiger partial charge in [-0.2, -0.15) is 0 Å². The molecule has 0 heterocycles. The van der Waals surface area contributed by atoms with Gasteiger partial charge in [-0.3, -0.25) is 0 Å². The second-order valence-corrected chi connectivity index (χ2v) is 1.77. The van der Waals surface area contributed by atoms with Crippen molar-refractivity contribution in [2.45, 2.75) is 0 Å². The Morgan fingerprint density at radius 3 is 2.30 bits per heavy atom. The van der Waals surface area contributed by atoms with Gasteiger partial charge in [0.05, 0.1) is 5.69 Å². The van der Waals surface area contributed by atoms with Crippen LogP contribution in [-0.4, -0.2) is 30.1 Å². The number of hydrogen-bond donors (Lipinski definition) is 2. The number of nitrogens with one attached hydrogen (secondary N) is 1. The Bertz CT molecular complexity index is 203. The molecule has 0 unspecified atom stereocenters. The van der Waals surface area contributed by atoms with Gasteiger partial charge in [-0.25, -0.2) is 0 Å². The molecule has 0 aliphatic carbocycles. The average Bonchev–Trinajstić information content (AvgIpc) is 1.89. The Labute approximate surface area is 71.6 Å². The summed E-state index contributed by atoms with van der Waals surface area (Å²) in [6.45, 7) is 0. The van der Waals surface area contributed by atoms with Crippen LogP contribution < -0.4 is 5.32 Å². The quantitative estimate of drug-likeness (QED) is 0.522. The summed E-state index contributed by atoms with van der Waals surface area (Å²) in [4.78, 5) is 0. The molecular weight excluding hydrogens is 189 g/mol. The molecule has 2 N–H and O–H groups in total. The molecule has 3 heteroatoms. The Kier molecular flexibility index (Phi) is 3.97. The van der Waals surface area contributed by atoms with E-state index in [1.165, 1.54) is 0 Å². The Morgan fingerprint density at radius 2 is 1.90 bits per heavy atom. The first kappa shape index (κ1) is 9.38. The summed E-state index contributed by atoms with van der Waals surface area (Å²) < 4.78 is 0. The molecule has 0 saturated heterocycles. The fourth-order valence-corrected chi connectivity index (χ4v) is 0.685. The summed E-state index contributed by atoms with van der Waals surface area (Å²) in [5.74, 6) is 0.292. The van der Waals surface area contributed by atoms with Crippen LogP contribution in [0.4, 0.5) is 5.69 Å². The minimum absolute atomic E-state index is 0. The number of aromatic hydroxyl groups is 1. The predicted octanol–water partition coefficient (Wildman–Crippen LogP) is 1.05. The zero-order chi connectivity index (χ0) is 6.69. The standard InChI is InChI=1S/C7H9NO.As/c1-8-6-4-2-3-5-7(6)9;/h2-5,8-9H,1H3;. The third-order valence-electron chi connectivity index (χ3n) is 1.17. The molecule has 0 fully saturated rings. The van der Waals surface area contributed by atoms with E-state index in [0.717, 1.165) is 5.69 Å². The summed E-state index contributed by atoms with van der Waals surface area (Å²) in [7, 11) is 1.77. The van der Waals surface area contributed by atoms with Gasteiger partial charge >= 0.3 is 0 Å². The van der Waals surface area contributed by atoms with Crippen LogP contribution >= 0.6 is 0 Å². The van der Waals surface area contributed by atoms with E-state index in [1.807, 2.05) is 12.1 Å². The maximum absolute atomic E-state index is 9.05. The molecule has 0 aromatic heterocycles. The largest absolute Gasteiger partial charge is 0.506 e. The Hall–Kier alpha value is -0.622. The monoisotopic (exact) mass is 198 g/mol. The normalized spacial score (nSPS) is 8.10. The molecular formula is C7H9AsNO. The molecule has 0 aliphatic heterocycles. The first-order chi connectivity index (χ1) is 4.34. The Morgan fingerprint density at radius 1 is 1.30 bits per heavy atom. The second kappa shape index (κ2) is 4.23. The van der Waals surface area contributed by atoms with E-state index in [9.17, 15) is 0 Å². The van der Waals surface area contributed by atoms with Gasteiger partial charge in [0.1, 0.15) is 5.75 Å². The molecule has 0 spiro atoms. The molecule has 0 atom stereocenters. The van der Waals surface area contributed by atoms with Gasteiger partial charge in [0.15, 0.2) is 0 Å². The fourth-order valence-electron chi connectivity index (χ4n) is 0.685. The van der Waals surface area contributed by atoms with E-state index in [1.54, 1.807) is 19.2 Å². The van der Waals surface area contributed by atoms with Crippen LogP contribution in [0.15, 0.2) is 24.3 Å². The second-order valence-electron chi connectivity index (χ2n) is 1.77. The number of hydrogen-bond acceptors (Lipinski definition) is 2. The Balaban J connectivity index is 0.000000810. The number of anilines is 1. The van der Waals surface area contributed by atoms with Gasteiger partial charge in [-0.05, 0) is 12.1 Å². The zero-order valence-corrected chi connectivity index (χ0v) is 7.58. The molecule has 10 heavy (non-hydrogen) atoms. The van der Waals surface area contributed by atoms with Crippen molar-refractivity contribution in [3.05, 3.63) is 24.3 Å². The average molecular weight is 198 g/mol. The molecule has 1 rings (SSSR count). The van der Waals surface area contributed by atoms with Crippen molar-refractivity contribution in [2.24, 2.45) is 0 Å². The molecule has 3 radical (unpaired) electrons. The summed E-state index contributed by atoms with van der Waals surface area (Å²) in [6, 6.07) is 7.11. The van der Waals surface area contributed by atoms with E-state index in [0.29, 0.717) is 5.75 Å². The molecule has 0 amide bonds.